The first-order valence-corrected chi connectivity index (χ1v) is 12.3. The van der Waals surface area contributed by atoms with E-state index in [4.69, 9.17) is 4.74 Å². The minimum atomic E-state index is -0.256. The molecule has 0 aliphatic rings. The second-order valence-electron chi connectivity index (χ2n) is 7.75. The molecule has 0 saturated heterocycles. The molecule has 0 atom stereocenters. The normalized spacial score (nSPS) is 10.8. The number of aryl methyl sites for hydroxylation is 4. The summed E-state index contributed by atoms with van der Waals surface area (Å²) in [5, 5.41) is 2.39. The van der Waals surface area contributed by atoms with Gasteiger partial charge in [0.25, 0.3) is 0 Å². The molecule has 1 amide bonds. The number of carbonyl (C=O) groups excluding carboxylic acids is 2. The molecule has 0 fully saturated rings. The predicted molar refractivity (Wildman–Crippen MR) is 132 cm³/mol. The van der Waals surface area contributed by atoms with Gasteiger partial charge in [-0.1, -0.05) is 12.1 Å². The van der Waals surface area contributed by atoms with Gasteiger partial charge in [-0.25, -0.2) is 4.98 Å². The Labute approximate surface area is 197 Å². The lowest BCUT2D eigenvalue weighted by atomic mass is 10.1. The molecule has 0 N–H and O–H groups in total. The van der Waals surface area contributed by atoms with E-state index in [1.165, 1.54) is 35.0 Å². The van der Waals surface area contributed by atoms with Gasteiger partial charge in [-0.05, 0) is 74.2 Å². The van der Waals surface area contributed by atoms with Crippen molar-refractivity contribution in [3.8, 4) is 0 Å². The molecule has 0 radical (unpaired) electrons. The van der Waals surface area contributed by atoms with Crippen LogP contribution in [0.15, 0.2) is 46.7 Å². The maximum absolute atomic E-state index is 12.3. The number of amides is 1. The molecule has 0 saturated carbocycles. The molecule has 7 heteroatoms. The van der Waals surface area contributed by atoms with Crippen LogP contribution in [0.4, 0.5) is 10.8 Å². The van der Waals surface area contributed by atoms with Crippen LogP contribution in [0.25, 0.3) is 0 Å². The average molecular weight is 469 g/mol. The molecule has 3 aromatic rings. The summed E-state index contributed by atoms with van der Waals surface area (Å²) >= 11 is 3.00. The highest BCUT2D eigenvalue weighted by Crippen LogP contribution is 2.30. The van der Waals surface area contributed by atoms with Gasteiger partial charge in [-0.15, -0.1) is 23.1 Å². The zero-order valence-corrected chi connectivity index (χ0v) is 20.7. The van der Waals surface area contributed by atoms with E-state index < -0.39 is 0 Å². The van der Waals surface area contributed by atoms with Crippen LogP contribution in [0.3, 0.4) is 0 Å². The van der Waals surface area contributed by atoms with Crippen molar-refractivity contribution in [3.05, 3.63) is 69.7 Å². The van der Waals surface area contributed by atoms with E-state index in [0.29, 0.717) is 23.0 Å². The number of aromatic nitrogens is 1. The van der Waals surface area contributed by atoms with E-state index in [0.717, 1.165) is 16.1 Å². The van der Waals surface area contributed by atoms with Crippen LogP contribution in [-0.2, 0) is 20.9 Å². The molecule has 168 valence electrons. The van der Waals surface area contributed by atoms with Gasteiger partial charge in [0.15, 0.2) is 5.13 Å². The number of benzene rings is 2. The van der Waals surface area contributed by atoms with Crippen molar-refractivity contribution >= 4 is 45.8 Å². The summed E-state index contributed by atoms with van der Waals surface area (Å²) in [4.78, 5) is 31.7. The summed E-state index contributed by atoms with van der Waals surface area (Å²) in [5.74, 6) is 0.289. The Morgan fingerprint density at radius 3 is 2.34 bits per heavy atom. The summed E-state index contributed by atoms with van der Waals surface area (Å²) in [6.07, 6.45) is 0.330. The van der Waals surface area contributed by atoms with E-state index >= 15 is 0 Å². The van der Waals surface area contributed by atoms with E-state index in [9.17, 15) is 9.59 Å². The van der Waals surface area contributed by atoms with Crippen molar-refractivity contribution in [2.45, 2.75) is 52.5 Å². The average Bonchev–Trinajstić information content (AvgIpc) is 3.20. The Hall–Kier alpha value is -2.64. The first-order chi connectivity index (χ1) is 15.2. The molecule has 2 aromatic carbocycles. The molecule has 5 nitrogen and oxygen atoms in total. The maximum atomic E-state index is 12.3. The van der Waals surface area contributed by atoms with Gasteiger partial charge >= 0.3 is 5.97 Å². The van der Waals surface area contributed by atoms with Gasteiger partial charge in [0.05, 0.1) is 17.8 Å². The number of rotatable bonds is 8. The topological polar surface area (TPSA) is 59.5 Å². The summed E-state index contributed by atoms with van der Waals surface area (Å²) in [5.41, 5.74) is 6.20. The van der Waals surface area contributed by atoms with Crippen molar-refractivity contribution in [3.63, 3.8) is 0 Å². The second kappa shape index (κ2) is 10.8. The molecule has 1 heterocycles. The molecular weight excluding hydrogens is 440 g/mol. The molecular formula is C25H28N2O3S2. The van der Waals surface area contributed by atoms with Gasteiger partial charge in [-0.3, -0.25) is 14.5 Å². The van der Waals surface area contributed by atoms with E-state index in [-0.39, 0.29) is 18.5 Å². The Bertz CT molecular complexity index is 1120. The first kappa shape index (κ1) is 24.0. The van der Waals surface area contributed by atoms with Gasteiger partial charge in [0.2, 0.25) is 5.91 Å². The number of anilines is 2. The number of thiazole rings is 1. The number of ether oxygens (including phenoxy) is 1. The van der Waals surface area contributed by atoms with Crippen LogP contribution in [0.5, 0.6) is 0 Å². The molecule has 3 rings (SSSR count). The monoisotopic (exact) mass is 468 g/mol. The number of carbonyl (C=O) groups is 2. The van der Waals surface area contributed by atoms with Gasteiger partial charge in [0.1, 0.15) is 6.61 Å². The molecule has 0 bridgehead atoms. The highest BCUT2D eigenvalue weighted by Gasteiger charge is 2.19. The quantitative estimate of drug-likeness (QED) is 0.287. The predicted octanol–water partition coefficient (Wildman–Crippen LogP) is 6.29. The lowest BCUT2D eigenvalue weighted by Crippen LogP contribution is -2.22. The van der Waals surface area contributed by atoms with Crippen molar-refractivity contribution in [2.24, 2.45) is 0 Å². The summed E-state index contributed by atoms with van der Waals surface area (Å²) in [6, 6.07) is 12.2. The number of nitrogens with zero attached hydrogens (tertiary/aromatic N) is 2. The first-order valence-electron chi connectivity index (χ1n) is 10.4. The van der Waals surface area contributed by atoms with E-state index in [2.05, 4.69) is 37.0 Å². The number of hydrogen-bond acceptors (Lipinski definition) is 6. The fraction of sp³-hybridized carbons (Fsp3) is 0.320. The molecule has 0 aliphatic heterocycles. The minimum Gasteiger partial charge on any atom is -0.459 e. The third-order valence-corrected chi connectivity index (χ3v) is 7.10. The Kier molecular flexibility index (Phi) is 8.10. The Morgan fingerprint density at radius 1 is 1.00 bits per heavy atom. The van der Waals surface area contributed by atoms with E-state index in [1.807, 2.05) is 37.4 Å². The van der Waals surface area contributed by atoms with Crippen LogP contribution >= 0.6 is 23.1 Å². The fourth-order valence-corrected chi connectivity index (χ4v) is 4.84. The third kappa shape index (κ3) is 6.20. The summed E-state index contributed by atoms with van der Waals surface area (Å²) in [7, 11) is 0. The Morgan fingerprint density at radius 2 is 1.69 bits per heavy atom. The smallest absolute Gasteiger partial charge is 0.307 e. The van der Waals surface area contributed by atoms with Gasteiger partial charge in [-0.2, -0.15) is 0 Å². The highest BCUT2D eigenvalue weighted by molar-refractivity contribution is 7.99. The molecule has 0 unspecified atom stereocenters. The summed E-state index contributed by atoms with van der Waals surface area (Å²) in [6.45, 7) is 9.84. The van der Waals surface area contributed by atoms with Crippen molar-refractivity contribution < 1.29 is 14.3 Å². The maximum Gasteiger partial charge on any atom is 0.307 e. The fourth-order valence-electron chi connectivity index (χ4n) is 3.04. The van der Waals surface area contributed by atoms with Crippen molar-refractivity contribution in [2.75, 3.05) is 10.7 Å². The van der Waals surface area contributed by atoms with Gasteiger partial charge in [0, 0.05) is 23.0 Å². The molecule has 0 spiro atoms. The van der Waals surface area contributed by atoms with Gasteiger partial charge < -0.3 is 4.74 Å². The number of thioether (sulfide) groups is 1. The van der Waals surface area contributed by atoms with Crippen LogP contribution in [-0.4, -0.2) is 22.6 Å². The van der Waals surface area contributed by atoms with Crippen molar-refractivity contribution in [1.29, 1.82) is 0 Å². The zero-order chi connectivity index (χ0) is 23.3. The lowest BCUT2D eigenvalue weighted by molar-refractivity contribution is -0.144. The van der Waals surface area contributed by atoms with Crippen LogP contribution in [0, 0.1) is 27.7 Å². The third-order valence-electron chi connectivity index (χ3n) is 5.23. The second-order valence-corrected chi connectivity index (χ2v) is 9.75. The minimum absolute atomic E-state index is 0.0995. The number of esters is 1. The standard InChI is InChI=1S/C25H28N2O3S2/c1-16-6-8-22(12-18(16)3)27(20(5)28)25-26-21(15-32-25)14-30-24(29)10-11-31-23-9-7-17(2)19(4)13-23/h6-9,12-13,15H,10-11,14H2,1-5H3. The largest absolute Gasteiger partial charge is 0.459 e. The highest BCUT2D eigenvalue weighted by atomic mass is 32.2. The lowest BCUT2D eigenvalue weighted by Gasteiger charge is -2.19. The van der Waals surface area contributed by atoms with Crippen molar-refractivity contribution in [1.82, 2.24) is 4.98 Å². The Balaban J connectivity index is 1.54. The van der Waals surface area contributed by atoms with Crippen LogP contribution in [0.2, 0.25) is 0 Å². The molecule has 0 aliphatic carbocycles. The van der Waals surface area contributed by atoms with E-state index in [1.54, 1.807) is 16.7 Å². The van der Waals surface area contributed by atoms with Crippen LogP contribution < -0.4 is 4.90 Å². The summed E-state index contributed by atoms with van der Waals surface area (Å²) < 4.78 is 5.39. The zero-order valence-electron chi connectivity index (χ0n) is 19.1. The SMILES string of the molecule is CC(=O)N(c1ccc(C)c(C)c1)c1nc(COC(=O)CCSc2ccc(C)c(C)c2)cs1. The molecule has 32 heavy (non-hydrogen) atoms. The number of hydrogen-bond donors (Lipinski definition) is 0. The van der Waals surface area contributed by atoms with Crippen LogP contribution in [0.1, 0.15) is 41.3 Å². The molecule has 1 aromatic heterocycles.